The summed E-state index contributed by atoms with van der Waals surface area (Å²) in [6.45, 7) is 10.3. The number of aromatic nitrogens is 2. The molecule has 1 aliphatic carbocycles. The van der Waals surface area contributed by atoms with Gasteiger partial charge in [-0.2, -0.15) is 4.98 Å². The van der Waals surface area contributed by atoms with Crippen molar-refractivity contribution in [1.29, 1.82) is 0 Å². The lowest BCUT2D eigenvalue weighted by Crippen LogP contribution is -2.60. The van der Waals surface area contributed by atoms with Gasteiger partial charge in [0.05, 0.1) is 71.2 Å². The monoisotopic (exact) mass is 1190 g/mol. The number of hydrogen-bond acceptors (Lipinski definition) is 17. The van der Waals surface area contributed by atoms with Crippen LogP contribution in [0.25, 0.3) is 11.0 Å². The molecular formula is C62H69F2N9O11S. The van der Waals surface area contributed by atoms with E-state index < -0.39 is 49.2 Å². The topological polar surface area (TPSA) is 215 Å². The molecule has 6 aromatic rings. The Bertz CT molecular complexity index is 3680. The van der Waals surface area contributed by atoms with Crippen LogP contribution in [-0.2, 0) is 30.8 Å². The summed E-state index contributed by atoms with van der Waals surface area (Å²) in [6.07, 6.45) is 7.18. The molecule has 85 heavy (non-hydrogen) atoms. The molecule has 0 radical (unpaired) electrons. The number of ether oxygens (including phenoxy) is 6. The summed E-state index contributed by atoms with van der Waals surface area (Å²) in [5.74, 6) is -1.32. The van der Waals surface area contributed by atoms with Gasteiger partial charge in [-0.05, 0) is 130 Å². The van der Waals surface area contributed by atoms with E-state index in [-0.39, 0.29) is 78.4 Å². The second-order valence-corrected chi connectivity index (χ2v) is 26.1. The van der Waals surface area contributed by atoms with E-state index in [1.54, 1.807) is 12.3 Å². The highest BCUT2D eigenvalue weighted by Crippen LogP contribution is 2.55. The van der Waals surface area contributed by atoms with Crippen LogP contribution in [0.2, 0.25) is 0 Å². The molecule has 9 heterocycles. The fourth-order valence-electron chi connectivity index (χ4n) is 14.7. The van der Waals surface area contributed by atoms with Gasteiger partial charge in [0, 0.05) is 93.6 Å². The van der Waals surface area contributed by atoms with Crippen molar-refractivity contribution in [3.8, 4) is 17.4 Å². The molecule has 0 bridgehead atoms. The first-order valence-electron chi connectivity index (χ1n) is 29.7. The normalized spacial score (nSPS) is 24.5. The smallest absolute Gasteiger partial charge is 0.297 e. The SMILES string of the molecule is CC(C)Oc1ccccc1[C@@H]1CN([C@H]2COCc3cc(F)c(F)cc32)CCN1C1CC2(CCN(c3ccc(C(=O)NS(=O)(=O)c4cc5c(c([N+](=O)[O-])c4)N[C@H](C4CCOCC4)CO5)c(N4c5cc6cc[nH]c6nc5O[C@H]5COCC[C@@H]54)c3)CC2)C1. The number of piperazine rings is 1. The average Bonchev–Trinajstić information content (AvgIpc) is 3.07. The maximum atomic E-state index is 15.0. The van der Waals surface area contributed by atoms with Gasteiger partial charge in [0.15, 0.2) is 23.1 Å². The summed E-state index contributed by atoms with van der Waals surface area (Å²) in [6, 6.07) is 21.9. The van der Waals surface area contributed by atoms with E-state index >= 15 is 0 Å². The molecule has 14 rings (SSSR count). The summed E-state index contributed by atoms with van der Waals surface area (Å²) in [7, 11) is -4.74. The summed E-state index contributed by atoms with van der Waals surface area (Å²) >= 11 is 0. The van der Waals surface area contributed by atoms with Crippen LogP contribution in [0.4, 0.5) is 37.2 Å². The predicted octanol–water partition coefficient (Wildman–Crippen LogP) is 9.32. The Hall–Kier alpha value is -7.15. The Morgan fingerprint density at radius 3 is 2.48 bits per heavy atom. The Kier molecular flexibility index (Phi) is 14.6. The zero-order chi connectivity index (χ0) is 58.3. The van der Waals surface area contributed by atoms with Crippen molar-refractivity contribution in [1.82, 2.24) is 24.5 Å². The van der Waals surface area contributed by atoms with Crippen molar-refractivity contribution in [3.63, 3.8) is 0 Å². The third-order valence-electron chi connectivity index (χ3n) is 19.1. The number of nitro groups is 1. The highest BCUT2D eigenvalue weighted by Gasteiger charge is 2.51. The molecule has 5 fully saturated rings. The van der Waals surface area contributed by atoms with Crippen LogP contribution in [0.15, 0.2) is 90.0 Å². The lowest BCUT2D eigenvalue weighted by atomic mass is 9.59. The fourth-order valence-corrected chi connectivity index (χ4v) is 15.7. The number of nitro benzene ring substituents is 1. The molecule has 448 valence electrons. The van der Waals surface area contributed by atoms with Gasteiger partial charge in [-0.15, -0.1) is 0 Å². The minimum Gasteiger partial charge on any atom is -0.491 e. The van der Waals surface area contributed by atoms with Crippen LogP contribution in [-0.4, -0.2) is 142 Å². The lowest BCUT2D eigenvalue weighted by Gasteiger charge is -2.58. The maximum absolute atomic E-state index is 15.0. The second-order valence-electron chi connectivity index (χ2n) is 24.4. The number of nitrogens with one attached hydrogen (secondary N) is 3. The summed E-state index contributed by atoms with van der Waals surface area (Å²) in [4.78, 5) is 43.9. The number of benzene rings is 4. The van der Waals surface area contributed by atoms with E-state index in [9.17, 15) is 32.1 Å². The number of carbonyl (C=O) groups is 1. The Labute approximate surface area is 491 Å². The van der Waals surface area contributed by atoms with Crippen LogP contribution in [0.5, 0.6) is 17.4 Å². The van der Waals surface area contributed by atoms with Crippen molar-refractivity contribution in [2.24, 2.45) is 11.3 Å². The number of nitrogens with zero attached hydrogens (tertiary/aromatic N) is 6. The van der Waals surface area contributed by atoms with E-state index in [1.807, 2.05) is 50.2 Å². The molecule has 4 saturated heterocycles. The number of piperidine rings is 1. The Morgan fingerprint density at radius 2 is 1.67 bits per heavy atom. The summed E-state index contributed by atoms with van der Waals surface area (Å²) in [5.41, 5.74) is 4.85. The van der Waals surface area contributed by atoms with E-state index in [4.69, 9.17) is 33.4 Å². The molecule has 7 aliphatic heterocycles. The molecule has 3 N–H and O–H groups in total. The van der Waals surface area contributed by atoms with Gasteiger partial charge >= 0.3 is 0 Å². The number of H-pyrrole nitrogens is 1. The number of sulfonamides is 1. The Morgan fingerprint density at radius 1 is 0.871 bits per heavy atom. The van der Waals surface area contributed by atoms with Crippen molar-refractivity contribution >= 4 is 55.4 Å². The van der Waals surface area contributed by atoms with Gasteiger partial charge in [0.25, 0.3) is 21.6 Å². The van der Waals surface area contributed by atoms with Crippen LogP contribution >= 0.6 is 0 Å². The number of carbonyl (C=O) groups excluding carboxylic acids is 1. The Balaban J connectivity index is 0.739. The minimum absolute atomic E-state index is 0.00729. The van der Waals surface area contributed by atoms with E-state index in [1.165, 1.54) is 18.2 Å². The molecule has 23 heteroatoms. The first kappa shape index (κ1) is 55.7. The van der Waals surface area contributed by atoms with E-state index in [0.717, 1.165) is 98.7 Å². The zero-order valence-electron chi connectivity index (χ0n) is 47.5. The van der Waals surface area contributed by atoms with Crippen LogP contribution in [0.1, 0.15) is 97.9 Å². The number of pyridine rings is 1. The first-order valence-corrected chi connectivity index (χ1v) is 31.2. The van der Waals surface area contributed by atoms with Crippen molar-refractivity contribution in [2.75, 3.05) is 87.5 Å². The molecule has 2 aromatic heterocycles. The largest absolute Gasteiger partial charge is 0.491 e. The highest BCUT2D eigenvalue weighted by molar-refractivity contribution is 7.90. The van der Waals surface area contributed by atoms with Crippen molar-refractivity contribution in [3.05, 3.63) is 129 Å². The summed E-state index contributed by atoms with van der Waals surface area (Å²) < 4.78 is 97.1. The van der Waals surface area contributed by atoms with Crippen LogP contribution in [0.3, 0.4) is 0 Å². The number of fused-ring (bicyclic) bond motifs is 5. The third-order valence-corrected chi connectivity index (χ3v) is 20.4. The molecule has 1 amide bonds. The standard InChI is InChI=1S/C62H69F2N9O11S/c1-36(2)83-55-6-4-3-5-43(55)53-31-70(54-34-81-32-39-23-46(63)47(64)28-45(39)54)18-19-71(53)41-29-62(30-41)13-16-69(17-14-62)40-7-8-44(50(25-40)72-49-12-22-80-35-57(49)84-61-52(72)24-38-9-15-65-59(38)67-61)60(74)68-85(77,78)42-26-51(73(75)76)58-56(27-42)82-33-48(66-58)37-10-20-79-21-11-37/h3-9,15,23-28,36-37,41,48-49,53-54,57,66H,10-14,16-22,29-35H2,1-2H3,(H,65,67)(H,68,74)/t48-,49-,53-,54-,57-/m0/s1. The quantitative estimate of drug-likeness (QED) is 0.0768. The first-order chi connectivity index (χ1) is 41.2. The van der Waals surface area contributed by atoms with Crippen LogP contribution < -0.4 is 34.0 Å². The van der Waals surface area contributed by atoms with Crippen molar-refractivity contribution in [2.45, 2.75) is 113 Å². The number of para-hydroxylation sites is 1. The molecule has 5 atom stereocenters. The van der Waals surface area contributed by atoms with Gasteiger partial charge in [0.1, 0.15) is 29.8 Å². The number of aromatic amines is 1. The number of amides is 1. The highest BCUT2D eigenvalue weighted by atomic mass is 32.2. The molecule has 20 nitrogen and oxygen atoms in total. The third kappa shape index (κ3) is 10.5. The average molecular weight is 1190 g/mol. The second kappa shape index (κ2) is 22.3. The van der Waals surface area contributed by atoms with Gasteiger partial charge in [-0.3, -0.25) is 24.7 Å². The maximum Gasteiger partial charge on any atom is 0.297 e. The minimum atomic E-state index is -4.74. The molecule has 4 aromatic carbocycles. The lowest BCUT2D eigenvalue weighted by molar-refractivity contribution is -0.384. The summed E-state index contributed by atoms with van der Waals surface area (Å²) in [5, 5.41) is 16.7. The molecule has 0 unspecified atom stereocenters. The number of rotatable bonds is 12. The van der Waals surface area contributed by atoms with E-state index in [0.29, 0.717) is 73.9 Å². The molecule has 8 aliphatic rings. The van der Waals surface area contributed by atoms with Gasteiger partial charge in [-0.25, -0.2) is 21.9 Å². The zero-order valence-corrected chi connectivity index (χ0v) is 48.3. The molecule has 1 saturated carbocycles. The number of hydrogen-bond donors (Lipinski definition) is 3. The number of anilines is 4. The van der Waals surface area contributed by atoms with Crippen LogP contribution in [0, 0.1) is 33.1 Å². The van der Waals surface area contributed by atoms with Crippen molar-refractivity contribution < 1.29 is 55.3 Å². The fraction of sp³-hybridized carbons (Fsp3) is 0.484. The van der Waals surface area contributed by atoms with Gasteiger partial charge < -0.3 is 48.5 Å². The van der Waals surface area contributed by atoms with E-state index in [2.05, 4.69) is 46.8 Å². The predicted molar refractivity (Wildman–Crippen MR) is 311 cm³/mol. The van der Waals surface area contributed by atoms with Gasteiger partial charge in [0.2, 0.25) is 5.88 Å². The molecule has 1 spiro atoms. The molecular weight excluding hydrogens is 1120 g/mol. The van der Waals surface area contributed by atoms with Gasteiger partial charge in [-0.1, -0.05) is 18.2 Å². The number of halogens is 2.